The lowest BCUT2D eigenvalue weighted by molar-refractivity contribution is 0.0697. The maximum atomic E-state index is 13.2. The smallest absolute Gasteiger partial charge is 0.339 e. The van der Waals surface area contributed by atoms with Gasteiger partial charge in [0, 0.05) is 11.1 Å². The Balaban J connectivity index is 2.05. The maximum Gasteiger partial charge on any atom is 0.339 e. The van der Waals surface area contributed by atoms with E-state index in [0.717, 1.165) is 12.1 Å². The summed E-state index contributed by atoms with van der Waals surface area (Å²) in [5.74, 6) is -1.46. The summed E-state index contributed by atoms with van der Waals surface area (Å²) in [6.07, 6.45) is 0. The maximum absolute atomic E-state index is 13.2. The van der Waals surface area contributed by atoms with Crippen LogP contribution < -0.4 is 4.72 Å². The van der Waals surface area contributed by atoms with E-state index >= 15 is 0 Å². The van der Waals surface area contributed by atoms with Gasteiger partial charge in [0.1, 0.15) is 22.7 Å². The molecule has 1 heterocycles. The summed E-state index contributed by atoms with van der Waals surface area (Å²) < 4.78 is 46.0. The molecule has 1 aromatic heterocycles. The Morgan fingerprint density at radius 3 is 2.52 bits per heavy atom. The summed E-state index contributed by atoms with van der Waals surface area (Å²) in [4.78, 5) is 11.3. The summed E-state index contributed by atoms with van der Waals surface area (Å²) in [6.45, 7) is 3.01. The number of aromatic carboxylic acids is 1. The molecule has 6 nitrogen and oxygen atoms in total. The van der Waals surface area contributed by atoms with E-state index in [1.54, 1.807) is 0 Å². The van der Waals surface area contributed by atoms with Gasteiger partial charge in [0.25, 0.3) is 10.0 Å². The van der Waals surface area contributed by atoms with Crippen LogP contribution in [0.25, 0.3) is 11.0 Å². The fraction of sp³-hybridized carbons (Fsp3) is 0.118. The van der Waals surface area contributed by atoms with Gasteiger partial charge in [-0.2, -0.15) is 0 Å². The molecule has 8 heteroatoms. The minimum Gasteiger partial charge on any atom is -0.478 e. The summed E-state index contributed by atoms with van der Waals surface area (Å²) in [5.41, 5.74) is 0.767. The number of nitrogens with one attached hydrogen (secondary N) is 1. The van der Waals surface area contributed by atoms with Crippen molar-refractivity contribution in [2.24, 2.45) is 0 Å². The minimum absolute atomic E-state index is 0.0194. The van der Waals surface area contributed by atoms with Crippen molar-refractivity contribution in [3.8, 4) is 0 Å². The van der Waals surface area contributed by atoms with Gasteiger partial charge in [-0.1, -0.05) is 0 Å². The van der Waals surface area contributed by atoms with Crippen molar-refractivity contribution in [3.05, 3.63) is 59.1 Å². The molecule has 0 unspecified atom stereocenters. The van der Waals surface area contributed by atoms with Gasteiger partial charge in [-0.05, 0) is 55.8 Å². The van der Waals surface area contributed by atoms with E-state index in [2.05, 4.69) is 4.72 Å². The fourth-order valence-corrected chi connectivity index (χ4v) is 3.95. The lowest BCUT2D eigenvalue weighted by Gasteiger charge is -2.10. The summed E-state index contributed by atoms with van der Waals surface area (Å²) >= 11 is 0. The molecule has 0 radical (unpaired) electrons. The van der Waals surface area contributed by atoms with Gasteiger partial charge in [-0.15, -0.1) is 0 Å². The number of furan rings is 1. The molecule has 25 heavy (non-hydrogen) atoms. The van der Waals surface area contributed by atoms with Crippen LogP contribution in [-0.2, 0) is 10.0 Å². The van der Waals surface area contributed by atoms with Gasteiger partial charge in [-0.25, -0.2) is 17.6 Å². The standard InChI is InChI=1S/C17H14FNO5S/c1-9-7-11(18)3-6-15(9)25(22,23)19-12-4-5-14-13(8-12)16(17(20)21)10(2)24-14/h3-8,19H,1-2H3,(H,20,21). The SMILES string of the molecule is Cc1cc(F)ccc1S(=O)(=O)Nc1ccc2oc(C)c(C(=O)O)c2c1. The van der Waals surface area contributed by atoms with Crippen LogP contribution >= 0.6 is 0 Å². The summed E-state index contributed by atoms with van der Waals surface area (Å²) in [6, 6.07) is 7.71. The molecule has 0 amide bonds. The van der Waals surface area contributed by atoms with E-state index in [-0.39, 0.29) is 27.5 Å². The highest BCUT2D eigenvalue weighted by atomic mass is 32.2. The quantitative estimate of drug-likeness (QED) is 0.737. The third-order valence-electron chi connectivity index (χ3n) is 3.76. The van der Waals surface area contributed by atoms with Crippen LogP contribution in [0.3, 0.4) is 0 Å². The Bertz CT molecular complexity index is 1100. The number of hydrogen-bond donors (Lipinski definition) is 2. The van der Waals surface area contributed by atoms with Crippen molar-refractivity contribution in [1.29, 1.82) is 0 Å². The number of carboxylic acid groups (broad SMARTS) is 1. The molecule has 2 aromatic carbocycles. The number of fused-ring (bicyclic) bond motifs is 1. The highest BCUT2D eigenvalue weighted by Crippen LogP contribution is 2.29. The molecule has 0 aliphatic carbocycles. The third-order valence-corrected chi connectivity index (χ3v) is 5.30. The molecule has 0 bridgehead atoms. The van der Waals surface area contributed by atoms with E-state index in [1.165, 1.54) is 38.1 Å². The van der Waals surface area contributed by atoms with E-state index in [9.17, 15) is 22.7 Å². The highest BCUT2D eigenvalue weighted by Gasteiger charge is 2.20. The number of carboxylic acids is 1. The molecule has 0 aliphatic heterocycles. The Hall–Kier alpha value is -2.87. The first kappa shape index (κ1) is 17.0. The predicted octanol–water partition coefficient (Wildman–Crippen LogP) is 3.69. The number of carbonyl (C=O) groups is 1. The zero-order valence-electron chi connectivity index (χ0n) is 13.3. The predicted molar refractivity (Wildman–Crippen MR) is 89.9 cm³/mol. The Labute approximate surface area is 142 Å². The van der Waals surface area contributed by atoms with Crippen LogP contribution in [0.1, 0.15) is 21.7 Å². The van der Waals surface area contributed by atoms with E-state index < -0.39 is 21.8 Å². The molecule has 0 spiro atoms. The number of benzene rings is 2. The zero-order valence-corrected chi connectivity index (χ0v) is 14.1. The molecule has 0 aliphatic rings. The molecule has 3 aromatic rings. The first-order valence-corrected chi connectivity index (χ1v) is 8.73. The van der Waals surface area contributed by atoms with Crippen LogP contribution in [0.2, 0.25) is 0 Å². The normalized spacial score (nSPS) is 11.6. The average Bonchev–Trinajstić information content (AvgIpc) is 2.81. The second kappa shape index (κ2) is 5.89. The van der Waals surface area contributed by atoms with E-state index in [1.807, 2.05) is 0 Å². The molecule has 130 valence electrons. The molecule has 0 fully saturated rings. The first-order chi connectivity index (χ1) is 11.7. The summed E-state index contributed by atoms with van der Waals surface area (Å²) in [7, 11) is -3.95. The average molecular weight is 363 g/mol. The second-order valence-electron chi connectivity index (χ2n) is 5.56. The van der Waals surface area contributed by atoms with Gasteiger partial charge in [0.05, 0.1) is 4.90 Å². The number of rotatable bonds is 4. The van der Waals surface area contributed by atoms with Crippen LogP contribution in [-0.4, -0.2) is 19.5 Å². The molecule has 2 N–H and O–H groups in total. The second-order valence-corrected chi connectivity index (χ2v) is 7.22. The van der Waals surface area contributed by atoms with Crippen LogP contribution in [0.5, 0.6) is 0 Å². The van der Waals surface area contributed by atoms with E-state index in [4.69, 9.17) is 4.42 Å². The van der Waals surface area contributed by atoms with Crippen molar-refractivity contribution in [3.63, 3.8) is 0 Å². The van der Waals surface area contributed by atoms with Crippen LogP contribution in [0, 0.1) is 19.7 Å². The van der Waals surface area contributed by atoms with Crippen molar-refractivity contribution in [2.75, 3.05) is 4.72 Å². The molecule has 3 rings (SSSR count). The minimum atomic E-state index is -3.95. The van der Waals surface area contributed by atoms with Gasteiger partial charge in [-0.3, -0.25) is 4.72 Å². The third kappa shape index (κ3) is 3.08. The van der Waals surface area contributed by atoms with Gasteiger partial charge < -0.3 is 9.52 Å². The van der Waals surface area contributed by atoms with Crippen LogP contribution in [0.15, 0.2) is 45.7 Å². The molecular weight excluding hydrogens is 349 g/mol. The van der Waals surface area contributed by atoms with Crippen molar-refractivity contribution >= 4 is 32.6 Å². The summed E-state index contributed by atoms with van der Waals surface area (Å²) in [5, 5.41) is 9.57. The lowest BCUT2D eigenvalue weighted by Crippen LogP contribution is -2.14. The lowest BCUT2D eigenvalue weighted by atomic mass is 10.1. The Kier molecular flexibility index (Phi) is 4.00. The number of sulfonamides is 1. The first-order valence-electron chi connectivity index (χ1n) is 7.24. The molecular formula is C17H14FNO5S. The highest BCUT2D eigenvalue weighted by molar-refractivity contribution is 7.92. The van der Waals surface area contributed by atoms with E-state index in [0.29, 0.717) is 11.0 Å². The van der Waals surface area contributed by atoms with Gasteiger partial charge in [0.2, 0.25) is 0 Å². The van der Waals surface area contributed by atoms with Gasteiger partial charge >= 0.3 is 5.97 Å². The topological polar surface area (TPSA) is 96.6 Å². The largest absolute Gasteiger partial charge is 0.478 e. The molecule has 0 saturated carbocycles. The van der Waals surface area contributed by atoms with Crippen molar-refractivity contribution in [2.45, 2.75) is 18.7 Å². The Morgan fingerprint density at radius 2 is 1.88 bits per heavy atom. The number of hydrogen-bond acceptors (Lipinski definition) is 4. The number of aryl methyl sites for hydroxylation is 2. The fourth-order valence-electron chi connectivity index (χ4n) is 2.67. The van der Waals surface area contributed by atoms with Gasteiger partial charge in [0.15, 0.2) is 0 Å². The Morgan fingerprint density at radius 1 is 1.16 bits per heavy atom. The van der Waals surface area contributed by atoms with Crippen molar-refractivity contribution < 1.29 is 27.1 Å². The zero-order chi connectivity index (χ0) is 18.4. The monoisotopic (exact) mass is 363 g/mol. The molecule has 0 saturated heterocycles. The number of halogens is 1. The molecule has 0 atom stereocenters. The number of anilines is 1. The van der Waals surface area contributed by atoms with Crippen LogP contribution in [0.4, 0.5) is 10.1 Å². The van der Waals surface area contributed by atoms with Crippen molar-refractivity contribution in [1.82, 2.24) is 0 Å².